The maximum atomic E-state index is 12.2. The van der Waals surface area contributed by atoms with Gasteiger partial charge in [0.15, 0.2) is 0 Å². The van der Waals surface area contributed by atoms with Gasteiger partial charge in [0, 0.05) is 19.8 Å². The van der Waals surface area contributed by atoms with Crippen LogP contribution in [0.2, 0.25) is 0 Å². The number of nitrogens with zero attached hydrogens (tertiary/aromatic N) is 1. The Morgan fingerprint density at radius 2 is 2.14 bits per heavy atom. The molecule has 0 aromatic carbocycles. The molecule has 0 radical (unpaired) electrons. The Balaban J connectivity index is 2.08. The van der Waals surface area contributed by atoms with E-state index in [1.807, 2.05) is 0 Å². The SMILES string of the molecule is Cn1cc(S(=O)(=O)NCC2CCCCC2O)cc1C(N)=O. The maximum absolute atomic E-state index is 12.2. The number of rotatable bonds is 5. The van der Waals surface area contributed by atoms with Gasteiger partial charge in [0.05, 0.1) is 6.10 Å². The lowest BCUT2D eigenvalue weighted by Gasteiger charge is -2.27. The fraction of sp³-hybridized carbons (Fsp3) is 0.615. The number of nitrogens with one attached hydrogen (secondary N) is 1. The summed E-state index contributed by atoms with van der Waals surface area (Å²) in [5, 5.41) is 9.86. The Hall–Kier alpha value is -1.38. The number of sulfonamides is 1. The van der Waals surface area contributed by atoms with Crippen molar-refractivity contribution in [3.05, 3.63) is 18.0 Å². The second-order valence-corrected chi connectivity index (χ2v) is 7.27. The number of carbonyl (C=O) groups excluding carboxylic acids is 1. The van der Waals surface area contributed by atoms with Crippen molar-refractivity contribution in [3.63, 3.8) is 0 Å². The van der Waals surface area contributed by atoms with Crippen LogP contribution < -0.4 is 10.5 Å². The fourth-order valence-electron chi connectivity index (χ4n) is 2.65. The number of primary amides is 1. The Labute approximate surface area is 124 Å². The van der Waals surface area contributed by atoms with Gasteiger partial charge >= 0.3 is 0 Å². The molecule has 2 atom stereocenters. The second-order valence-electron chi connectivity index (χ2n) is 5.50. The summed E-state index contributed by atoms with van der Waals surface area (Å²) in [6, 6.07) is 1.25. The Morgan fingerprint density at radius 1 is 1.48 bits per heavy atom. The van der Waals surface area contributed by atoms with Crippen molar-refractivity contribution in [2.45, 2.75) is 36.7 Å². The highest BCUT2D eigenvalue weighted by Crippen LogP contribution is 2.24. The van der Waals surface area contributed by atoms with E-state index in [1.54, 1.807) is 7.05 Å². The summed E-state index contributed by atoms with van der Waals surface area (Å²) in [5.41, 5.74) is 5.30. The number of aliphatic hydroxyl groups excluding tert-OH is 1. The van der Waals surface area contributed by atoms with E-state index in [0.29, 0.717) is 6.42 Å². The van der Waals surface area contributed by atoms with Crippen molar-refractivity contribution in [3.8, 4) is 0 Å². The molecule has 1 heterocycles. The molecule has 1 aromatic heterocycles. The second kappa shape index (κ2) is 6.17. The standard InChI is InChI=1S/C13H21N3O4S/c1-16-8-10(6-11(16)13(14)18)21(19,20)15-7-9-4-2-3-5-12(9)17/h6,8-9,12,15,17H,2-5,7H2,1H3,(H2,14,18). The molecule has 1 aromatic rings. The zero-order valence-corrected chi connectivity index (χ0v) is 12.8. The van der Waals surface area contributed by atoms with E-state index in [4.69, 9.17) is 5.73 Å². The van der Waals surface area contributed by atoms with Crippen LogP contribution in [0.5, 0.6) is 0 Å². The first-order valence-electron chi connectivity index (χ1n) is 6.95. The number of amides is 1. The van der Waals surface area contributed by atoms with Gasteiger partial charge in [-0.3, -0.25) is 4.79 Å². The lowest BCUT2D eigenvalue weighted by molar-refractivity contribution is 0.0724. The smallest absolute Gasteiger partial charge is 0.265 e. The topological polar surface area (TPSA) is 114 Å². The van der Waals surface area contributed by atoms with Crippen LogP contribution in [-0.2, 0) is 17.1 Å². The molecule has 8 heteroatoms. The van der Waals surface area contributed by atoms with E-state index in [-0.39, 0.29) is 23.1 Å². The minimum atomic E-state index is -3.71. The summed E-state index contributed by atoms with van der Waals surface area (Å²) < 4.78 is 28.3. The molecule has 1 amide bonds. The summed E-state index contributed by atoms with van der Waals surface area (Å²) >= 11 is 0. The van der Waals surface area contributed by atoms with Crippen molar-refractivity contribution < 1.29 is 18.3 Å². The molecule has 1 saturated carbocycles. The fourth-order valence-corrected chi connectivity index (χ4v) is 3.82. The third kappa shape index (κ3) is 3.63. The van der Waals surface area contributed by atoms with Crippen LogP contribution in [0.15, 0.2) is 17.2 Å². The van der Waals surface area contributed by atoms with Crippen molar-refractivity contribution in [2.75, 3.05) is 6.54 Å². The van der Waals surface area contributed by atoms with E-state index >= 15 is 0 Å². The molecule has 1 aliphatic rings. The average molecular weight is 315 g/mol. The number of hydrogen-bond acceptors (Lipinski definition) is 4. The van der Waals surface area contributed by atoms with E-state index in [0.717, 1.165) is 19.3 Å². The van der Waals surface area contributed by atoms with Gasteiger partial charge in [-0.25, -0.2) is 13.1 Å². The van der Waals surface area contributed by atoms with Gasteiger partial charge in [-0.1, -0.05) is 12.8 Å². The Bertz CT molecular complexity index is 623. The Morgan fingerprint density at radius 3 is 2.71 bits per heavy atom. The summed E-state index contributed by atoms with van der Waals surface area (Å²) in [4.78, 5) is 11.2. The van der Waals surface area contributed by atoms with Gasteiger partial charge in [0.2, 0.25) is 10.0 Å². The van der Waals surface area contributed by atoms with Crippen LogP contribution in [0.25, 0.3) is 0 Å². The Kier molecular flexibility index (Phi) is 4.70. The highest BCUT2D eigenvalue weighted by Gasteiger charge is 2.26. The quantitative estimate of drug-likeness (QED) is 0.707. The van der Waals surface area contributed by atoms with Gasteiger partial charge in [0.1, 0.15) is 10.6 Å². The van der Waals surface area contributed by atoms with Gasteiger partial charge < -0.3 is 15.4 Å². The summed E-state index contributed by atoms with van der Waals surface area (Å²) in [7, 11) is -2.15. The largest absolute Gasteiger partial charge is 0.393 e. The first-order chi connectivity index (χ1) is 9.81. The molecule has 2 unspecified atom stereocenters. The van der Waals surface area contributed by atoms with Crippen LogP contribution in [0.3, 0.4) is 0 Å². The molecule has 0 spiro atoms. The molecule has 7 nitrogen and oxygen atoms in total. The van der Waals surface area contributed by atoms with Crippen LogP contribution in [-0.4, -0.2) is 36.6 Å². The molecule has 1 fully saturated rings. The van der Waals surface area contributed by atoms with Gasteiger partial charge in [-0.15, -0.1) is 0 Å². The summed E-state index contributed by atoms with van der Waals surface area (Å²) in [6.07, 6.45) is 4.39. The van der Waals surface area contributed by atoms with Gasteiger partial charge in [-0.05, 0) is 24.8 Å². The number of hydrogen-bond donors (Lipinski definition) is 3. The minimum absolute atomic E-state index is 0.00380. The normalized spacial score (nSPS) is 23.1. The van der Waals surface area contributed by atoms with E-state index < -0.39 is 22.0 Å². The molecular weight excluding hydrogens is 294 g/mol. The first kappa shape index (κ1) is 16.0. The van der Waals surface area contributed by atoms with Crippen LogP contribution >= 0.6 is 0 Å². The van der Waals surface area contributed by atoms with E-state index in [9.17, 15) is 18.3 Å². The van der Waals surface area contributed by atoms with Crippen molar-refractivity contribution in [1.29, 1.82) is 0 Å². The van der Waals surface area contributed by atoms with E-state index in [2.05, 4.69) is 4.72 Å². The lowest BCUT2D eigenvalue weighted by atomic mass is 9.87. The van der Waals surface area contributed by atoms with Gasteiger partial charge in [-0.2, -0.15) is 0 Å². The van der Waals surface area contributed by atoms with E-state index in [1.165, 1.54) is 16.8 Å². The number of aliphatic hydroxyl groups is 1. The molecule has 1 aliphatic carbocycles. The third-order valence-electron chi connectivity index (χ3n) is 3.95. The molecule has 21 heavy (non-hydrogen) atoms. The zero-order chi connectivity index (χ0) is 15.6. The number of carbonyl (C=O) groups is 1. The van der Waals surface area contributed by atoms with Crippen LogP contribution in [0, 0.1) is 5.92 Å². The highest BCUT2D eigenvalue weighted by molar-refractivity contribution is 7.89. The van der Waals surface area contributed by atoms with Crippen LogP contribution in [0.4, 0.5) is 0 Å². The molecular formula is C13H21N3O4S. The molecule has 118 valence electrons. The summed E-state index contributed by atoms with van der Waals surface area (Å²) in [5.74, 6) is -0.741. The van der Waals surface area contributed by atoms with Crippen LogP contribution in [0.1, 0.15) is 36.2 Å². The monoisotopic (exact) mass is 315 g/mol. The number of aryl methyl sites for hydroxylation is 1. The van der Waals surface area contributed by atoms with Crippen molar-refractivity contribution in [2.24, 2.45) is 18.7 Å². The molecule has 4 N–H and O–H groups in total. The predicted molar refractivity (Wildman–Crippen MR) is 77.1 cm³/mol. The molecule has 0 bridgehead atoms. The summed E-state index contributed by atoms with van der Waals surface area (Å²) in [6.45, 7) is 0.199. The highest BCUT2D eigenvalue weighted by atomic mass is 32.2. The minimum Gasteiger partial charge on any atom is -0.393 e. The maximum Gasteiger partial charge on any atom is 0.265 e. The predicted octanol–water partition coefficient (Wildman–Crippen LogP) is -0.0466. The molecule has 0 aliphatic heterocycles. The number of aromatic nitrogens is 1. The molecule has 0 saturated heterocycles. The average Bonchev–Trinajstić information content (AvgIpc) is 2.81. The van der Waals surface area contributed by atoms with Gasteiger partial charge in [0.25, 0.3) is 5.91 Å². The lowest BCUT2D eigenvalue weighted by Crippen LogP contribution is -2.36. The zero-order valence-electron chi connectivity index (χ0n) is 11.9. The third-order valence-corrected chi connectivity index (χ3v) is 5.34. The van der Waals surface area contributed by atoms with Crippen molar-refractivity contribution >= 4 is 15.9 Å². The molecule has 2 rings (SSSR count). The number of nitrogens with two attached hydrogens (primary N) is 1. The van der Waals surface area contributed by atoms with Crippen molar-refractivity contribution in [1.82, 2.24) is 9.29 Å². The first-order valence-corrected chi connectivity index (χ1v) is 8.43.